The van der Waals surface area contributed by atoms with E-state index in [9.17, 15) is 4.79 Å². The van der Waals surface area contributed by atoms with Crippen LogP contribution in [-0.4, -0.2) is 38.7 Å². The van der Waals surface area contributed by atoms with Crippen LogP contribution in [0.2, 0.25) is 0 Å². The number of hydrogen-bond acceptors (Lipinski definition) is 6. The summed E-state index contributed by atoms with van der Waals surface area (Å²) in [7, 11) is 0. The summed E-state index contributed by atoms with van der Waals surface area (Å²) in [5.41, 5.74) is 2.95. The molecule has 27 heavy (non-hydrogen) atoms. The van der Waals surface area contributed by atoms with Crippen LogP contribution in [0.4, 0.5) is 0 Å². The first-order valence-corrected chi connectivity index (χ1v) is 10.6. The zero-order valence-electron chi connectivity index (χ0n) is 14.3. The van der Waals surface area contributed by atoms with Crippen LogP contribution >= 0.6 is 35.3 Å². The van der Waals surface area contributed by atoms with E-state index in [1.165, 1.54) is 23.1 Å². The maximum atomic E-state index is 12.5. The molecule has 0 saturated carbocycles. The average molecular weight is 413 g/mol. The van der Waals surface area contributed by atoms with Crippen LogP contribution in [0.15, 0.2) is 70.1 Å². The molecule has 1 amide bonds. The van der Waals surface area contributed by atoms with Gasteiger partial charge in [0.05, 0.1) is 23.7 Å². The van der Waals surface area contributed by atoms with E-state index in [1.54, 1.807) is 9.69 Å². The first-order valence-electron chi connectivity index (χ1n) is 8.42. The number of rotatable bonds is 5. The van der Waals surface area contributed by atoms with E-state index in [4.69, 9.17) is 12.2 Å². The molecule has 4 rings (SSSR count). The van der Waals surface area contributed by atoms with Crippen LogP contribution in [0.1, 0.15) is 12.0 Å². The Morgan fingerprint density at radius 1 is 1.11 bits per heavy atom. The number of benzene rings is 2. The lowest BCUT2D eigenvalue weighted by molar-refractivity contribution is -0.127. The van der Waals surface area contributed by atoms with Crippen LogP contribution < -0.4 is 0 Å². The maximum Gasteiger partial charge on any atom is 0.253 e. The number of hydrazone groups is 1. The Kier molecular flexibility index (Phi) is 5.47. The van der Waals surface area contributed by atoms with E-state index in [0.29, 0.717) is 16.3 Å². The van der Waals surface area contributed by atoms with Crippen LogP contribution in [0, 0.1) is 3.95 Å². The third kappa shape index (κ3) is 4.18. The second-order valence-corrected chi connectivity index (χ2v) is 8.69. The van der Waals surface area contributed by atoms with Gasteiger partial charge in [-0.25, -0.2) is 9.69 Å². The molecular formula is C19H16N4OS3. The lowest BCUT2D eigenvalue weighted by Gasteiger charge is -2.09. The predicted molar refractivity (Wildman–Crippen MR) is 112 cm³/mol. The Morgan fingerprint density at radius 3 is 2.56 bits per heavy atom. The normalized spacial score (nSPS) is 13.6. The van der Waals surface area contributed by atoms with Crippen molar-refractivity contribution in [3.8, 4) is 5.69 Å². The fourth-order valence-corrected chi connectivity index (χ4v) is 4.95. The van der Waals surface area contributed by atoms with Crippen LogP contribution in [0.3, 0.4) is 0 Å². The molecule has 0 bridgehead atoms. The van der Waals surface area contributed by atoms with Crippen molar-refractivity contribution in [3.05, 3.63) is 70.2 Å². The molecule has 1 aliphatic heterocycles. The fourth-order valence-electron chi connectivity index (χ4n) is 2.72. The summed E-state index contributed by atoms with van der Waals surface area (Å²) in [6, 6.07) is 19.7. The standard InChI is InChI=1S/C19H16N4OS3/c24-17(22-12-11-16(20-22)14-7-3-1-4-8-14)13-26-18-21-23(19(25)27-18)15-9-5-2-6-10-15/h1-10H,11-13H2. The predicted octanol–water partition coefficient (Wildman–Crippen LogP) is 4.39. The second kappa shape index (κ2) is 8.16. The van der Waals surface area contributed by atoms with Gasteiger partial charge in [-0.05, 0) is 29.9 Å². The molecule has 3 aromatic rings. The zero-order valence-corrected chi connectivity index (χ0v) is 16.8. The highest BCUT2D eigenvalue weighted by atomic mass is 32.2. The number of thioether (sulfide) groups is 1. The minimum absolute atomic E-state index is 0.0155. The van der Waals surface area contributed by atoms with Crippen molar-refractivity contribution in [2.24, 2.45) is 5.10 Å². The largest absolute Gasteiger partial charge is 0.272 e. The van der Waals surface area contributed by atoms with Gasteiger partial charge >= 0.3 is 0 Å². The van der Waals surface area contributed by atoms with Gasteiger partial charge in [0.1, 0.15) is 0 Å². The Morgan fingerprint density at radius 2 is 1.81 bits per heavy atom. The summed E-state index contributed by atoms with van der Waals surface area (Å²) >= 11 is 8.22. The van der Waals surface area contributed by atoms with E-state index in [-0.39, 0.29) is 5.91 Å². The van der Waals surface area contributed by atoms with Gasteiger partial charge in [0.25, 0.3) is 5.91 Å². The maximum absolute atomic E-state index is 12.5. The number of amides is 1. The molecule has 5 nitrogen and oxygen atoms in total. The van der Waals surface area contributed by atoms with Gasteiger partial charge in [0, 0.05) is 6.42 Å². The molecule has 0 saturated heterocycles. The molecule has 0 spiro atoms. The van der Waals surface area contributed by atoms with Crippen molar-refractivity contribution >= 4 is 46.9 Å². The molecule has 0 N–H and O–H groups in total. The van der Waals surface area contributed by atoms with Crippen LogP contribution in [0.5, 0.6) is 0 Å². The summed E-state index contributed by atoms with van der Waals surface area (Å²) in [6.45, 7) is 0.623. The molecule has 0 aliphatic carbocycles. The second-order valence-electron chi connectivity index (χ2n) is 5.85. The van der Waals surface area contributed by atoms with Gasteiger partial charge in [-0.15, -0.1) is 5.10 Å². The minimum atomic E-state index is -0.0155. The molecule has 136 valence electrons. The highest BCUT2D eigenvalue weighted by molar-refractivity contribution is 8.01. The van der Waals surface area contributed by atoms with E-state index in [0.717, 1.165) is 27.7 Å². The van der Waals surface area contributed by atoms with Crippen molar-refractivity contribution in [1.82, 2.24) is 14.8 Å². The van der Waals surface area contributed by atoms with Gasteiger partial charge in [-0.2, -0.15) is 5.10 Å². The first kappa shape index (κ1) is 18.1. The molecular weight excluding hydrogens is 396 g/mol. The Balaban J connectivity index is 1.40. The quantitative estimate of drug-likeness (QED) is 0.461. The fraction of sp³-hybridized carbons (Fsp3) is 0.158. The van der Waals surface area contributed by atoms with Gasteiger partial charge in [0.15, 0.2) is 8.29 Å². The number of carbonyl (C=O) groups excluding carboxylic acids is 1. The summed E-state index contributed by atoms with van der Waals surface area (Å²) in [4.78, 5) is 12.5. The highest BCUT2D eigenvalue weighted by Crippen LogP contribution is 2.25. The monoisotopic (exact) mass is 412 g/mol. The van der Waals surface area contributed by atoms with E-state index in [2.05, 4.69) is 10.2 Å². The smallest absolute Gasteiger partial charge is 0.253 e. The van der Waals surface area contributed by atoms with Gasteiger partial charge in [-0.3, -0.25) is 4.79 Å². The summed E-state index contributed by atoms with van der Waals surface area (Å²) in [6.07, 6.45) is 0.780. The van der Waals surface area contributed by atoms with E-state index in [1.807, 2.05) is 60.7 Å². The Hall–Kier alpha value is -2.29. The van der Waals surface area contributed by atoms with Crippen molar-refractivity contribution < 1.29 is 4.79 Å². The molecule has 0 atom stereocenters. The van der Waals surface area contributed by atoms with E-state index < -0.39 is 0 Å². The molecule has 8 heteroatoms. The Labute approximate surface area is 170 Å². The molecule has 0 fully saturated rings. The number of hydrogen-bond donors (Lipinski definition) is 0. The van der Waals surface area contributed by atoms with Gasteiger partial charge < -0.3 is 0 Å². The van der Waals surface area contributed by atoms with Crippen LogP contribution in [0.25, 0.3) is 5.69 Å². The third-order valence-corrected chi connectivity index (χ3v) is 6.40. The average Bonchev–Trinajstić information content (AvgIpc) is 3.35. The zero-order chi connectivity index (χ0) is 18.6. The lowest BCUT2D eigenvalue weighted by Crippen LogP contribution is -2.25. The summed E-state index contributed by atoms with van der Waals surface area (Å²) in [5.74, 6) is 0.279. The topological polar surface area (TPSA) is 50.5 Å². The molecule has 2 aromatic carbocycles. The molecule has 1 aliphatic rings. The minimum Gasteiger partial charge on any atom is -0.272 e. The van der Waals surface area contributed by atoms with Crippen molar-refractivity contribution in [2.45, 2.75) is 10.8 Å². The highest BCUT2D eigenvalue weighted by Gasteiger charge is 2.22. The Bertz CT molecular complexity index is 1030. The number of carbonyl (C=O) groups is 1. The molecule has 0 radical (unpaired) electrons. The van der Waals surface area contributed by atoms with Crippen molar-refractivity contribution in [2.75, 3.05) is 12.3 Å². The van der Waals surface area contributed by atoms with Gasteiger partial charge in [0.2, 0.25) is 0 Å². The molecule has 0 unspecified atom stereocenters. The van der Waals surface area contributed by atoms with Crippen LogP contribution in [-0.2, 0) is 4.79 Å². The first-order chi connectivity index (χ1) is 13.2. The third-order valence-electron chi connectivity index (χ3n) is 4.05. The molecule has 1 aromatic heterocycles. The molecule has 2 heterocycles. The number of nitrogens with zero attached hydrogens (tertiary/aromatic N) is 4. The van der Waals surface area contributed by atoms with E-state index >= 15 is 0 Å². The summed E-state index contributed by atoms with van der Waals surface area (Å²) in [5, 5.41) is 10.6. The van der Waals surface area contributed by atoms with Gasteiger partial charge in [-0.1, -0.05) is 71.6 Å². The van der Waals surface area contributed by atoms with Crippen molar-refractivity contribution in [1.29, 1.82) is 0 Å². The summed E-state index contributed by atoms with van der Waals surface area (Å²) < 4.78 is 3.18. The lowest BCUT2D eigenvalue weighted by atomic mass is 10.1. The number of aromatic nitrogens is 2. The SMILES string of the molecule is O=C(CSc1nn(-c2ccccc2)c(=S)s1)N1CCC(c2ccccc2)=N1. The van der Waals surface area contributed by atoms with Crippen molar-refractivity contribution in [3.63, 3.8) is 0 Å². The number of para-hydroxylation sites is 1.